The van der Waals surface area contributed by atoms with Crippen molar-refractivity contribution in [1.29, 1.82) is 0 Å². The molecule has 0 radical (unpaired) electrons. The van der Waals surface area contributed by atoms with Gasteiger partial charge < -0.3 is 4.74 Å². The summed E-state index contributed by atoms with van der Waals surface area (Å²) in [7, 11) is 0. The fourth-order valence-corrected chi connectivity index (χ4v) is 4.23. The third-order valence-corrected chi connectivity index (χ3v) is 6.11. The lowest BCUT2D eigenvalue weighted by atomic mass is 9.78. The molecule has 29 heavy (non-hydrogen) atoms. The molecule has 0 atom stereocenters. The Morgan fingerprint density at radius 1 is 0.966 bits per heavy atom. The van der Waals surface area contributed by atoms with Crippen LogP contribution in [0.25, 0.3) is 11.1 Å². The number of halogens is 3. The molecule has 1 aliphatic rings. The van der Waals surface area contributed by atoms with Gasteiger partial charge in [0.1, 0.15) is 12.4 Å². The number of ether oxygens (including phenoxy) is 1. The van der Waals surface area contributed by atoms with Crippen LogP contribution in [0.1, 0.15) is 51.0 Å². The van der Waals surface area contributed by atoms with Crippen molar-refractivity contribution in [2.24, 2.45) is 11.8 Å². The van der Waals surface area contributed by atoms with Gasteiger partial charge in [-0.3, -0.25) is 0 Å². The van der Waals surface area contributed by atoms with E-state index >= 15 is 0 Å². The normalized spacial score (nSPS) is 19.2. The van der Waals surface area contributed by atoms with E-state index in [4.69, 9.17) is 4.74 Å². The molecule has 2 aromatic rings. The number of rotatable bonds is 8. The summed E-state index contributed by atoms with van der Waals surface area (Å²) < 4.78 is 48.4. The highest BCUT2D eigenvalue weighted by molar-refractivity contribution is 5.66. The first kappa shape index (κ1) is 21.5. The maximum absolute atomic E-state index is 14.7. The molecule has 2 aromatic carbocycles. The standard InChI is InChI=1S/C25H29F3O/c1-3-15-29-23-14-13-21(24(27)25(23)28)20-12-11-19(16-22(20)26)10-9-18-7-5-17(4-2)6-8-18/h3,11-14,16-18H,1,4-10,15H2,2H3. The Bertz CT molecular complexity index is 838. The molecule has 0 amide bonds. The molecule has 1 aliphatic carbocycles. The van der Waals surface area contributed by atoms with E-state index in [0.29, 0.717) is 5.92 Å². The largest absolute Gasteiger partial charge is 0.486 e. The van der Waals surface area contributed by atoms with Gasteiger partial charge in [0.15, 0.2) is 11.6 Å². The van der Waals surface area contributed by atoms with E-state index < -0.39 is 17.5 Å². The molecular formula is C25H29F3O. The minimum Gasteiger partial charge on any atom is -0.486 e. The van der Waals surface area contributed by atoms with E-state index in [0.717, 1.165) is 24.3 Å². The Morgan fingerprint density at radius 2 is 1.66 bits per heavy atom. The minimum absolute atomic E-state index is 0.0591. The highest BCUT2D eigenvalue weighted by Crippen LogP contribution is 2.34. The minimum atomic E-state index is -1.12. The van der Waals surface area contributed by atoms with Gasteiger partial charge in [0, 0.05) is 11.1 Å². The van der Waals surface area contributed by atoms with Gasteiger partial charge in [-0.15, -0.1) is 0 Å². The molecule has 156 valence electrons. The molecule has 3 rings (SSSR count). The lowest BCUT2D eigenvalue weighted by molar-refractivity contribution is 0.259. The predicted octanol–water partition coefficient (Wildman–Crippen LogP) is 7.48. The number of benzene rings is 2. The van der Waals surface area contributed by atoms with Crippen molar-refractivity contribution in [1.82, 2.24) is 0 Å². The SMILES string of the molecule is C=CCOc1ccc(-c2ccc(CCC3CCC(CC)CC3)cc2F)c(F)c1F. The first-order valence-corrected chi connectivity index (χ1v) is 10.5. The van der Waals surface area contributed by atoms with Gasteiger partial charge in [-0.25, -0.2) is 8.78 Å². The van der Waals surface area contributed by atoms with Crippen LogP contribution in [0.5, 0.6) is 5.75 Å². The summed E-state index contributed by atoms with van der Waals surface area (Å²) >= 11 is 0. The zero-order chi connectivity index (χ0) is 20.8. The summed E-state index contributed by atoms with van der Waals surface area (Å²) in [5.41, 5.74) is 0.856. The van der Waals surface area contributed by atoms with E-state index in [1.807, 2.05) is 6.07 Å². The number of hydrogen-bond donors (Lipinski definition) is 0. The van der Waals surface area contributed by atoms with Crippen molar-refractivity contribution in [3.63, 3.8) is 0 Å². The van der Waals surface area contributed by atoms with E-state index in [2.05, 4.69) is 13.5 Å². The average molecular weight is 403 g/mol. The maximum atomic E-state index is 14.7. The predicted molar refractivity (Wildman–Crippen MR) is 112 cm³/mol. The van der Waals surface area contributed by atoms with Crippen LogP contribution in [0, 0.1) is 29.3 Å². The van der Waals surface area contributed by atoms with Crippen LogP contribution in [0.4, 0.5) is 13.2 Å². The Hall–Kier alpha value is -2.23. The van der Waals surface area contributed by atoms with Crippen molar-refractivity contribution < 1.29 is 17.9 Å². The Morgan fingerprint density at radius 3 is 2.31 bits per heavy atom. The lowest BCUT2D eigenvalue weighted by Crippen LogP contribution is -2.14. The fraction of sp³-hybridized carbons (Fsp3) is 0.440. The van der Waals surface area contributed by atoms with Crippen LogP contribution in [0.15, 0.2) is 43.0 Å². The average Bonchev–Trinajstić information content (AvgIpc) is 2.74. The van der Waals surface area contributed by atoms with E-state index in [1.54, 1.807) is 6.07 Å². The third kappa shape index (κ3) is 5.23. The van der Waals surface area contributed by atoms with Crippen molar-refractivity contribution in [3.8, 4) is 16.9 Å². The van der Waals surface area contributed by atoms with Crippen LogP contribution in [0.3, 0.4) is 0 Å². The van der Waals surface area contributed by atoms with Crippen LogP contribution in [-0.2, 0) is 6.42 Å². The molecule has 0 aliphatic heterocycles. The molecule has 0 saturated heterocycles. The second kappa shape index (κ2) is 10.00. The van der Waals surface area contributed by atoms with Crippen molar-refractivity contribution in [3.05, 3.63) is 66.0 Å². The highest BCUT2D eigenvalue weighted by Gasteiger charge is 2.21. The van der Waals surface area contributed by atoms with Crippen LogP contribution < -0.4 is 4.74 Å². The van der Waals surface area contributed by atoms with Crippen molar-refractivity contribution in [2.75, 3.05) is 6.61 Å². The highest BCUT2D eigenvalue weighted by atomic mass is 19.2. The van der Waals surface area contributed by atoms with Gasteiger partial charge in [0.2, 0.25) is 5.82 Å². The lowest BCUT2D eigenvalue weighted by Gasteiger charge is -2.27. The van der Waals surface area contributed by atoms with E-state index in [-0.39, 0.29) is 23.5 Å². The molecule has 0 N–H and O–H groups in total. The summed E-state index contributed by atoms with van der Waals surface area (Å²) in [6, 6.07) is 7.47. The molecule has 0 heterocycles. The topological polar surface area (TPSA) is 9.23 Å². The number of hydrogen-bond acceptors (Lipinski definition) is 1. The Kier molecular flexibility index (Phi) is 7.40. The first-order chi connectivity index (χ1) is 14.0. The van der Waals surface area contributed by atoms with Crippen molar-refractivity contribution >= 4 is 0 Å². The second-order valence-corrected chi connectivity index (χ2v) is 7.99. The van der Waals surface area contributed by atoms with Gasteiger partial charge in [-0.1, -0.05) is 63.8 Å². The van der Waals surface area contributed by atoms with E-state index in [9.17, 15) is 13.2 Å². The van der Waals surface area contributed by atoms with Crippen LogP contribution in [-0.4, -0.2) is 6.61 Å². The third-order valence-electron chi connectivity index (χ3n) is 6.11. The van der Waals surface area contributed by atoms with Crippen LogP contribution in [0.2, 0.25) is 0 Å². The molecule has 0 aromatic heterocycles. The molecule has 0 unspecified atom stereocenters. The molecule has 0 bridgehead atoms. The molecule has 0 spiro atoms. The Balaban J connectivity index is 1.68. The molecular weight excluding hydrogens is 373 g/mol. The van der Waals surface area contributed by atoms with Gasteiger partial charge in [-0.05, 0) is 48.4 Å². The van der Waals surface area contributed by atoms with E-state index in [1.165, 1.54) is 56.4 Å². The quantitative estimate of drug-likeness (QED) is 0.416. The monoisotopic (exact) mass is 402 g/mol. The van der Waals surface area contributed by atoms with Crippen molar-refractivity contribution in [2.45, 2.75) is 51.9 Å². The second-order valence-electron chi connectivity index (χ2n) is 7.99. The fourth-order valence-electron chi connectivity index (χ4n) is 4.23. The summed E-state index contributed by atoms with van der Waals surface area (Å²) in [6.45, 7) is 5.80. The Labute approximate surface area is 171 Å². The molecule has 1 fully saturated rings. The summed E-state index contributed by atoms with van der Waals surface area (Å²) in [6.07, 6.45) is 9.67. The molecule has 4 heteroatoms. The van der Waals surface area contributed by atoms with Gasteiger partial charge in [0.25, 0.3) is 0 Å². The number of aryl methyl sites for hydroxylation is 1. The molecule has 1 saturated carbocycles. The molecule has 1 nitrogen and oxygen atoms in total. The smallest absolute Gasteiger partial charge is 0.201 e. The van der Waals surface area contributed by atoms with Gasteiger partial charge in [0.05, 0.1) is 0 Å². The van der Waals surface area contributed by atoms with Crippen LogP contribution >= 0.6 is 0 Å². The summed E-state index contributed by atoms with van der Waals surface area (Å²) in [5, 5.41) is 0. The summed E-state index contributed by atoms with van der Waals surface area (Å²) in [5.74, 6) is -1.39. The first-order valence-electron chi connectivity index (χ1n) is 10.5. The summed E-state index contributed by atoms with van der Waals surface area (Å²) in [4.78, 5) is 0. The maximum Gasteiger partial charge on any atom is 0.201 e. The zero-order valence-corrected chi connectivity index (χ0v) is 17.0. The van der Waals surface area contributed by atoms with Gasteiger partial charge >= 0.3 is 0 Å². The zero-order valence-electron chi connectivity index (χ0n) is 17.0. The van der Waals surface area contributed by atoms with Gasteiger partial charge in [-0.2, -0.15) is 4.39 Å².